The summed E-state index contributed by atoms with van der Waals surface area (Å²) in [5.41, 5.74) is 2.26. The molecule has 0 aromatic carbocycles. The molecule has 72 valence electrons. The van der Waals surface area contributed by atoms with Gasteiger partial charge in [0.2, 0.25) is 10.0 Å². The van der Waals surface area contributed by atoms with Crippen molar-refractivity contribution in [1.82, 2.24) is 9.29 Å². The van der Waals surface area contributed by atoms with E-state index in [-0.39, 0.29) is 0 Å². The van der Waals surface area contributed by atoms with Crippen LogP contribution in [0.5, 0.6) is 0 Å². The number of aromatic nitrogens is 1. The fourth-order valence-electron chi connectivity index (χ4n) is 1.61. The summed E-state index contributed by atoms with van der Waals surface area (Å²) >= 11 is 0. The predicted octanol–water partition coefficient (Wildman–Crippen LogP) is 0.332. The van der Waals surface area contributed by atoms with E-state index in [0.29, 0.717) is 13.1 Å². The summed E-state index contributed by atoms with van der Waals surface area (Å²) in [7, 11) is -3.03. The number of hydrogen-bond acceptors (Lipinski definition) is 2. The molecule has 0 fully saturated rings. The first kappa shape index (κ1) is 8.77. The topological polar surface area (TPSA) is 53.2 Å². The lowest BCUT2D eigenvalue weighted by Crippen LogP contribution is -2.34. The van der Waals surface area contributed by atoms with Gasteiger partial charge in [-0.2, -0.15) is 4.31 Å². The highest BCUT2D eigenvalue weighted by atomic mass is 32.2. The van der Waals surface area contributed by atoms with Crippen molar-refractivity contribution < 1.29 is 8.42 Å². The minimum atomic E-state index is -3.03. The second kappa shape index (κ2) is 2.85. The molecule has 0 atom stereocenters. The van der Waals surface area contributed by atoms with Gasteiger partial charge in [-0.05, 0) is 11.6 Å². The normalized spacial score (nSPS) is 18.5. The van der Waals surface area contributed by atoms with Crippen molar-refractivity contribution in [3.63, 3.8) is 0 Å². The van der Waals surface area contributed by atoms with E-state index >= 15 is 0 Å². The van der Waals surface area contributed by atoms with Crippen molar-refractivity contribution in [1.29, 1.82) is 0 Å². The van der Waals surface area contributed by atoms with Crippen LogP contribution in [-0.2, 0) is 23.0 Å². The monoisotopic (exact) mass is 200 g/mol. The quantitative estimate of drug-likeness (QED) is 0.710. The maximum Gasteiger partial charge on any atom is 0.211 e. The SMILES string of the molecule is CS(=O)(=O)N1CCc2[nH]ccc2C1. The molecule has 1 N–H and O–H groups in total. The number of rotatable bonds is 1. The van der Waals surface area contributed by atoms with Crippen LogP contribution in [-0.4, -0.2) is 30.5 Å². The summed E-state index contributed by atoms with van der Waals surface area (Å²) in [5.74, 6) is 0. The Morgan fingerprint density at radius 3 is 3.00 bits per heavy atom. The molecule has 0 amide bonds. The summed E-state index contributed by atoms with van der Waals surface area (Å²) < 4.78 is 24.0. The predicted molar refractivity (Wildman–Crippen MR) is 49.8 cm³/mol. The fraction of sp³-hybridized carbons (Fsp3) is 0.500. The second-order valence-corrected chi connectivity index (χ2v) is 5.31. The number of hydrogen-bond donors (Lipinski definition) is 1. The molecule has 5 heteroatoms. The minimum Gasteiger partial charge on any atom is -0.365 e. The summed E-state index contributed by atoms with van der Waals surface area (Å²) in [6.45, 7) is 1.10. The Kier molecular flexibility index (Phi) is 1.92. The van der Waals surface area contributed by atoms with Crippen LogP contribution in [0, 0.1) is 0 Å². The zero-order valence-corrected chi connectivity index (χ0v) is 8.26. The molecule has 0 radical (unpaired) electrons. The Balaban J connectivity index is 2.27. The van der Waals surface area contributed by atoms with Gasteiger partial charge >= 0.3 is 0 Å². The maximum absolute atomic E-state index is 11.2. The Hall–Kier alpha value is -0.810. The zero-order valence-electron chi connectivity index (χ0n) is 7.45. The van der Waals surface area contributed by atoms with Gasteiger partial charge < -0.3 is 4.98 Å². The summed E-state index contributed by atoms with van der Waals surface area (Å²) in [5, 5.41) is 0. The van der Waals surface area contributed by atoms with Gasteiger partial charge in [0.05, 0.1) is 6.26 Å². The van der Waals surface area contributed by atoms with E-state index in [9.17, 15) is 8.42 Å². The number of fused-ring (bicyclic) bond motifs is 1. The van der Waals surface area contributed by atoms with Crippen molar-refractivity contribution in [2.75, 3.05) is 12.8 Å². The lowest BCUT2D eigenvalue weighted by molar-refractivity contribution is 0.393. The van der Waals surface area contributed by atoms with Crippen LogP contribution in [0.3, 0.4) is 0 Å². The van der Waals surface area contributed by atoms with Gasteiger partial charge in [0.25, 0.3) is 0 Å². The summed E-state index contributed by atoms with van der Waals surface area (Å²) in [6, 6.07) is 1.94. The Labute approximate surface area is 77.6 Å². The molecule has 1 aromatic rings. The van der Waals surface area contributed by atoms with E-state index in [0.717, 1.165) is 12.0 Å². The molecule has 1 aliphatic rings. The van der Waals surface area contributed by atoms with E-state index in [1.165, 1.54) is 16.3 Å². The van der Waals surface area contributed by atoms with E-state index in [2.05, 4.69) is 4.98 Å². The largest absolute Gasteiger partial charge is 0.365 e. The van der Waals surface area contributed by atoms with Crippen molar-refractivity contribution in [2.45, 2.75) is 13.0 Å². The molecule has 0 saturated carbocycles. The van der Waals surface area contributed by atoms with Crippen LogP contribution < -0.4 is 0 Å². The molecule has 1 aromatic heterocycles. The van der Waals surface area contributed by atoms with Gasteiger partial charge in [-0.3, -0.25) is 0 Å². The Bertz CT molecular complexity index is 408. The first-order valence-electron chi connectivity index (χ1n) is 4.17. The third-order valence-electron chi connectivity index (χ3n) is 2.36. The van der Waals surface area contributed by atoms with Crippen LogP contribution in [0.1, 0.15) is 11.3 Å². The average Bonchev–Trinajstić information content (AvgIpc) is 2.47. The first-order valence-corrected chi connectivity index (χ1v) is 6.02. The van der Waals surface area contributed by atoms with E-state index in [4.69, 9.17) is 0 Å². The molecule has 0 bridgehead atoms. The van der Waals surface area contributed by atoms with E-state index in [1.807, 2.05) is 12.3 Å². The number of nitrogens with one attached hydrogen (secondary N) is 1. The fourth-order valence-corrected chi connectivity index (χ4v) is 2.40. The van der Waals surface area contributed by atoms with Crippen molar-refractivity contribution in [3.8, 4) is 0 Å². The Morgan fingerprint density at radius 1 is 1.54 bits per heavy atom. The van der Waals surface area contributed by atoms with Crippen molar-refractivity contribution in [3.05, 3.63) is 23.5 Å². The van der Waals surface area contributed by atoms with Crippen LogP contribution in [0.25, 0.3) is 0 Å². The van der Waals surface area contributed by atoms with Gasteiger partial charge in [0.15, 0.2) is 0 Å². The molecule has 4 nitrogen and oxygen atoms in total. The smallest absolute Gasteiger partial charge is 0.211 e. The molecule has 13 heavy (non-hydrogen) atoms. The molecule has 1 aliphatic heterocycles. The summed E-state index contributed by atoms with van der Waals surface area (Å²) in [6.07, 6.45) is 3.90. The number of sulfonamides is 1. The van der Waals surface area contributed by atoms with Gasteiger partial charge in [-0.25, -0.2) is 8.42 Å². The second-order valence-electron chi connectivity index (χ2n) is 3.33. The van der Waals surface area contributed by atoms with E-state index < -0.39 is 10.0 Å². The highest BCUT2D eigenvalue weighted by Gasteiger charge is 2.23. The highest BCUT2D eigenvalue weighted by molar-refractivity contribution is 7.88. The molecular weight excluding hydrogens is 188 g/mol. The lowest BCUT2D eigenvalue weighted by Gasteiger charge is -2.24. The third kappa shape index (κ3) is 1.62. The maximum atomic E-state index is 11.2. The van der Waals surface area contributed by atoms with Crippen LogP contribution in [0.2, 0.25) is 0 Å². The molecule has 0 saturated heterocycles. The van der Waals surface area contributed by atoms with Crippen molar-refractivity contribution in [2.24, 2.45) is 0 Å². The minimum absolute atomic E-state index is 0.512. The molecular formula is C8H12N2O2S. The number of nitrogens with zero attached hydrogens (tertiary/aromatic N) is 1. The third-order valence-corrected chi connectivity index (χ3v) is 3.61. The van der Waals surface area contributed by atoms with Crippen LogP contribution >= 0.6 is 0 Å². The van der Waals surface area contributed by atoms with Gasteiger partial charge in [-0.1, -0.05) is 0 Å². The first-order chi connectivity index (χ1) is 6.07. The molecule has 0 spiro atoms. The molecule has 2 rings (SSSR count). The van der Waals surface area contributed by atoms with E-state index in [1.54, 1.807) is 0 Å². The zero-order chi connectivity index (χ0) is 9.47. The van der Waals surface area contributed by atoms with Crippen LogP contribution in [0.4, 0.5) is 0 Å². The van der Waals surface area contributed by atoms with Crippen molar-refractivity contribution >= 4 is 10.0 Å². The van der Waals surface area contributed by atoms with Gasteiger partial charge in [-0.15, -0.1) is 0 Å². The van der Waals surface area contributed by atoms with Gasteiger partial charge in [0, 0.05) is 31.4 Å². The highest BCUT2D eigenvalue weighted by Crippen LogP contribution is 2.18. The Morgan fingerprint density at radius 2 is 2.31 bits per heavy atom. The van der Waals surface area contributed by atoms with Gasteiger partial charge in [0.1, 0.15) is 0 Å². The number of aromatic amines is 1. The van der Waals surface area contributed by atoms with Crippen LogP contribution in [0.15, 0.2) is 12.3 Å². The average molecular weight is 200 g/mol. The molecule has 0 unspecified atom stereocenters. The standard InChI is InChI=1S/C8H12N2O2S/c1-13(11,12)10-5-3-8-7(6-10)2-4-9-8/h2,4,9H,3,5-6H2,1H3. The number of H-pyrrole nitrogens is 1. The molecule has 2 heterocycles. The molecule has 0 aliphatic carbocycles. The summed E-state index contributed by atoms with van der Waals surface area (Å²) in [4.78, 5) is 3.11. The lowest BCUT2D eigenvalue weighted by atomic mass is 10.1.